The van der Waals surface area contributed by atoms with Gasteiger partial charge in [0.05, 0.1) is 13.2 Å². The average molecular weight is 279 g/mol. The molecule has 0 atom stereocenters. The predicted molar refractivity (Wildman–Crippen MR) is 73.2 cm³/mol. The molecule has 1 aliphatic heterocycles. The van der Waals surface area contributed by atoms with E-state index >= 15 is 0 Å². The fourth-order valence-electron chi connectivity index (χ4n) is 2.00. The fraction of sp³-hybridized carbons (Fsp3) is 0.231. The van der Waals surface area contributed by atoms with Crippen LogP contribution in [0.1, 0.15) is 11.3 Å². The van der Waals surface area contributed by atoms with Crippen molar-refractivity contribution < 1.29 is 4.74 Å². The Hall–Kier alpha value is -1.23. The largest absolute Gasteiger partial charge is 0.376 e. The van der Waals surface area contributed by atoms with Crippen molar-refractivity contribution in [3.05, 3.63) is 45.2 Å². The van der Waals surface area contributed by atoms with Gasteiger partial charge in [0.15, 0.2) is 0 Å². The minimum atomic E-state index is 0.554. The van der Waals surface area contributed by atoms with Crippen molar-refractivity contribution in [2.24, 2.45) is 0 Å². The highest BCUT2D eigenvalue weighted by atomic mass is 35.5. The number of aromatic nitrogens is 2. The molecular formula is C13H11ClN2OS. The number of hydrogen-bond acceptors (Lipinski definition) is 3. The molecular weight excluding hydrogens is 268 g/mol. The van der Waals surface area contributed by atoms with Gasteiger partial charge < -0.3 is 9.72 Å². The first-order valence-corrected chi connectivity index (χ1v) is 6.48. The number of hydrogen-bond donors (Lipinski definition) is 1. The normalized spacial score (nSPS) is 14.3. The summed E-state index contributed by atoms with van der Waals surface area (Å²) < 4.78 is 6.01. The van der Waals surface area contributed by atoms with Gasteiger partial charge in [0, 0.05) is 28.3 Å². The van der Waals surface area contributed by atoms with Crippen molar-refractivity contribution in [3.8, 4) is 11.4 Å². The van der Waals surface area contributed by atoms with E-state index < -0.39 is 0 Å². The zero-order chi connectivity index (χ0) is 12.5. The van der Waals surface area contributed by atoms with Crippen LogP contribution in [0.25, 0.3) is 11.4 Å². The molecule has 0 unspecified atom stereocenters. The number of aromatic amines is 1. The third-order valence-corrected chi connectivity index (χ3v) is 3.56. The molecule has 3 rings (SSSR count). The molecule has 5 heteroatoms. The monoisotopic (exact) mass is 278 g/mol. The summed E-state index contributed by atoms with van der Waals surface area (Å²) in [4.78, 5) is 7.76. The van der Waals surface area contributed by atoms with Crippen molar-refractivity contribution >= 4 is 23.8 Å². The van der Waals surface area contributed by atoms with Crippen LogP contribution >= 0.6 is 23.8 Å². The molecule has 1 N–H and O–H groups in total. The molecule has 0 saturated heterocycles. The van der Waals surface area contributed by atoms with Gasteiger partial charge in [-0.05, 0) is 24.3 Å². The van der Waals surface area contributed by atoms with E-state index in [1.54, 1.807) is 0 Å². The summed E-state index contributed by atoms with van der Waals surface area (Å²) in [6.45, 7) is 1.28. The van der Waals surface area contributed by atoms with Gasteiger partial charge in [-0.2, -0.15) is 0 Å². The van der Waals surface area contributed by atoms with E-state index in [4.69, 9.17) is 28.6 Å². The predicted octanol–water partition coefficient (Wildman–Crippen LogP) is 3.53. The summed E-state index contributed by atoms with van der Waals surface area (Å²) in [7, 11) is 0. The Kier molecular flexibility index (Phi) is 3.16. The van der Waals surface area contributed by atoms with Crippen molar-refractivity contribution in [2.75, 3.05) is 6.61 Å². The molecule has 0 amide bonds. The Balaban J connectivity index is 2.11. The van der Waals surface area contributed by atoms with Gasteiger partial charge in [0.2, 0.25) is 0 Å². The lowest BCUT2D eigenvalue weighted by molar-refractivity contribution is 0.108. The molecule has 1 aliphatic rings. The van der Waals surface area contributed by atoms with Crippen LogP contribution < -0.4 is 0 Å². The first-order valence-electron chi connectivity index (χ1n) is 5.70. The summed E-state index contributed by atoms with van der Waals surface area (Å²) in [6, 6.07) is 7.55. The van der Waals surface area contributed by atoms with Crippen LogP contribution in [-0.4, -0.2) is 16.6 Å². The number of nitrogens with one attached hydrogen (secondary N) is 1. The topological polar surface area (TPSA) is 37.9 Å². The fourth-order valence-corrected chi connectivity index (χ4v) is 2.40. The SMILES string of the molecule is S=c1nc(-c2ccc(Cl)cc2)[nH]c2c1COCC2. The standard InChI is InChI=1S/C13H11ClN2OS/c14-9-3-1-8(2-4-9)12-15-11-5-6-17-7-10(11)13(18)16-12/h1-4H,5-7H2,(H,15,16,18). The first-order chi connectivity index (χ1) is 8.74. The second-order valence-corrected chi connectivity index (χ2v) is 4.98. The van der Waals surface area contributed by atoms with Crippen molar-refractivity contribution in [1.82, 2.24) is 9.97 Å². The van der Waals surface area contributed by atoms with Gasteiger partial charge in [-0.25, -0.2) is 4.98 Å². The molecule has 1 aromatic carbocycles. The quantitative estimate of drug-likeness (QED) is 0.811. The molecule has 0 radical (unpaired) electrons. The van der Waals surface area contributed by atoms with E-state index in [9.17, 15) is 0 Å². The minimum absolute atomic E-state index is 0.554. The van der Waals surface area contributed by atoms with Gasteiger partial charge in [-0.3, -0.25) is 0 Å². The van der Waals surface area contributed by atoms with Crippen LogP contribution in [0.4, 0.5) is 0 Å². The van der Waals surface area contributed by atoms with Gasteiger partial charge in [-0.15, -0.1) is 0 Å². The second-order valence-electron chi connectivity index (χ2n) is 4.16. The molecule has 0 aliphatic carbocycles. The van der Waals surface area contributed by atoms with Gasteiger partial charge in [0.1, 0.15) is 10.5 Å². The number of rotatable bonds is 1. The van der Waals surface area contributed by atoms with E-state index in [0.717, 1.165) is 35.7 Å². The molecule has 1 aromatic heterocycles. The lowest BCUT2D eigenvalue weighted by Crippen LogP contribution is -2.14. The minimum Gasteiger partial charge on any atom is -0.376 e. The Morgan fingerprint density at radius 3 is 2.83 bits per heavy atom. The van der Waals surface area contributed by atoms with Gasteiger partial charge in [0.25, 0.3) is 0 Å². The third-order valence-electron chi connectivity index (χ3n) is 2.97. The van der Waals surface area contributed by atoms with Crippen LogP contribution in [0.15, 0.2) is 24.3 Å². The Bertz CT molecular complexity index is 636. The summed E-state index contributed by atoms with van der Waals surface area (Å²) in [6.07, 6.45) is 0.849. The second kappa shape index (κ2) is 4.80. The highest BCUT2D eigenvalue weighted by Crippen LogP contribution is 2.22. The molecule has 0 fully saturated rings. The van der Waals surface area contributed by atoms with E-state index in [-0.39, 0.29) is 0 Å². The first kappa shape index (κ1) is 11.8. The van der Waals surface area contributed by atoms with Crippen molar-refractivity contribution in [3.63, 3.8) is 0 Å². The van der Waals surface area contributed by atoms with Crippen LogP contribution in [0.3, 0.4) is 0 Å². The Morgan fingerprint density at radius 1 is 1.28 bits per heavy atom. The van der Waals surface area contributed by atoms with E-state index in [1.807, 2.05) is 24.3 Å². The highest BCUT2D eigenvalue weighted by Gasteiger charge is 2.14. The van der Waals surface area contributed by atoms with E-state index in [0.29, 0.717) is 16.3 Å². The third kappa shape index (κ3) is 2.19. The van der Waals surface area contributed by atoms with Gasteiger partial charge >= 0.3 is 0 Å². The molecule has 0 bridgehead atoms. The molecule has 2 aromatic rings. The van der Waals surface area contributed by atoms with Crippen molar-refractivity contribution in [2.45, 2.75) is 13.0 Å². The number of benzene rings is 1. The smallest absolute Gasteiger partial charge is 0.139 e. The zero-order valence-electron chi connectivity index (χ0n) is 9.57. The number of nitrogens with zero attached hydrogens (tertiary/aromatic N) is 1. The van der Waals surface area contributed by atoms with E-state index in [1.165, 1.54) is 0 Å². The summed E-state index contributed by atoms with van der Waals surface area (Å²) in [5, 5.41) is 0.712. The highest BCUT2D eigenvalue weighted by molar-refractivity contribution is 7.71. The summed E-state index contributed by atoms with van der Waals surface area (Å²) >= 11 is 11.2. The molecule has 0 saturated carbocycles. The summed E-state index contributed by atoms with van der Waals surface area (Å²) in [5.41, 5.74) is 3.12. The molecule has 18 heavy (non-hydrogen) atoms. The Morgan fingerprint density at radius 2 is 2.06 bits per heavy atom. The van der Waals surface area contributed by atoms with Gasteiger partial charge in [-0.1, -0.05) is 23.8 Å². The maximum absolute atomic E-state index is 5.88. The zero-order valence-corrected chi connectivity index (χ0v) is 11.1. The van der Waals surface area contributed by atoms with Crippen LogP contribution in [-0.2, 0) is 17.8 Å². The lowest BCUT2D eigenvalue weighted by Gasteiger charge is -2.17. The Labute approximate surface area is 115 Å². The average Bonchev–Trinajstić information content (AvgIpc) is 2.39. The van der Waals surface area contributed by atoms with Crippen LogP contribution in [0.5, 0.6) is 0 Å². The maximum atomic E-state index is 5.88. The lowest BCUT2D eigenvalue weighted by atomic mass is 10.1. The maximum Gasteiger partial charge on any atom is 0.139 e. The van der Waals surface area contributed by atoms with Crippen LogP contribution in [0.2, 0.25) is 5.02 Å². The number of ether oxygens (including phenoxy) is 1. The van der Waals surface area contributed by atoms with E-state index in [2.05, 4.69) is 9.97 Å². The number of fused-ring (bicyclic) bond motifs is 1. The van der Waals surface area contributed by atoms with Crippen LogP contribution in [0, 0.1) is 4.64 Å². The molecule has 3 nitrogen and oxygen atoms in total. The summed E-state index contributed by atoms with van der Waals surface area (Å²) in [5.74, 6) is 0.789. The van der Waals surface area contributed by atoms with Crippen molar-refractivity contribution in [1.29, 1.82) is 0 Å². The molecule has 92 valence electrons. The molecule has 2 heterocycles. The molecule has 0 spiro atoms. The number of halogens is 1. The number of H-pyrrole nitrogens is 1.